The van der Waals surface area contributed by atoms with Gasteiger partial charge in [-0.05, 0) is 7.05 Å². The van der Waals surface area contributed by atoms with Crippen molar-refractivity contribution in [1.29, 1.82) is 0 Å². The number of rotatable bonds is 7. The maximum atomic E-state index is 12.1. The molecular formula is C13H22N2O8. The van der Waals surface area contributed by atoms with Gasteiger partial charge in [-0.2, -0.15) is 0 Å². The number of aliphatic carboxylic acids is 1. The van der Waals surface area contributed by atoms with Gasteiger partial charge in [-0.1, -0.05) is 0 Å². The molecule has 0 bridgehead atoms. The predicted octanol–water partition coefficient (Wildman–Crippen LogP) is -2.87. The number of ether oxygens (including phenoxy) is 2. The molecule has 1 aliphatic heterocycles. The molecule has 1 heterocycles. The standard InChI is InChI=1S/C13H22N2O8/c1-14-3-5-15(6-4-14)8(7-22-2)12(20)23-13(21)10(17)9(16)11(18)19/h8-10,16-17H,3-7H2,1-2H3,(H,18,19)/t8-,9-,10-/m1/s1. The first-order valence-corrected chi connectivity index (χ1v) is 7.04. The Hall–Kier alpha value is -1.59. The van der Waals surface area contributed by atoms with Gasteiger partial charge in [-0.3, -0.25) is 4.90 Å². The summed E-state index contributed by atoms with van der Waals surface area (Å²) in [6.45, 7) is 2.55. The fourth-order valence-electron chi connectivity index (χ4n) is 2.11. The van der Waals surface area contributed by atoms with Crippen LogP contribution in [0.15, 0.2) is 0 Å². The molecule has 0 spiro atoms. The second kappa shape index (κ2) is 8.89. The first kappa shape index (κ1) is 19.5. The molecule has 3 atom stereocenters. The van der Waals surface area contributed by atoms with Gasteiger partial charge in [-0.15, -0.1) is 0 Å². The van der Waals surface area contributed by atoms with Crippen LogP contribution in [0.2, 0.25) is 0 Å². The van der Waals surface area contributed by atoms with Crippen LogP contribution in [0.4, 0.5) is 0 Å². The smallest absolute Gasteiger partial charge is 0.346 e. The Morgan fingerprint density at radius 3 is 2.09 bits per heavy atom. The van der Waals surface area contributed by atoms with Crippen molar-refractivity contribution in [2.75, 3.05) is 46.9 Å². The van der Waals surface area contributed by atoms with Gasteiger partial charge in [0, 0.05) is 33.3 Å². The number of carboxylic acids is 1. The van der Waals surface area contributed by atoms with Crippen molar-refractivity contribution in [2.45, 2.75) is 18.2 Å². The molecule has 10 nitrogen and oxygen atoms in total. The number of carbonyl (C=O) groups excluding carboxylic acids is 2. The van der Waals surface area contributed by atoms with E-state index in [1.165, 1.54) is 7.11 Å². The normalized spacial score (nSPS) is 20.5. The van der Waals surface area contributed by atoms with E-state index in [0.717, 1.165) is 13.1 Å². The molecule has 1 fully saturated rings. The van der Waals surface area contributed by atoms with E-state index < -0.39 is 36.2 Å². The topological polar surface area (TPSA) is 137 Å². The highest BCUT2D eigenvalue weighted by Gasteiger charge is 2.36. The summed E-state index contributed by atoms with van der Waals surface area (Å²) in [5.41, 5.74) is 0. The van der Waals surface area contributed by atoms with Gasteiger partial charge in [0.25, 0.3) is 0 Å². The number of carboxylic acid groups (broad SMARTS) is 1. The Bertz CT molecular complexity index is 436. The van der Waals surface area contributed by atoms with Crippen molar-refractivity contribution in [3.63, 3.8) is 0 Å². The average Bonchev–Trinajstić information content (AvgIpc) is 2.51. The van der Waals surface area contributed by atoms with Crippen LogP contribution < -0.4 is 0 Å². The largest absolute Gasteiger partial charge is 0.479 e. The number of hydrogen-bond donors (Lipinski definition) is 3. The molecule has 0 aliphatic carbocycles. The highest BCUT2D eigenvalue weighted by Crippen LogP contribution is 2.09. The monoisotopic (exact) mass is 334 g/mol. The third kappa shape index (κ3) is 5.52. The zero-order valence-electron chi connectivity index (χ0n) is 13.0. The summed E-state index contributed by atoms with van der Waals surface area (Å²) >= 11 is 0. The van der Waals surface area contributed by atoms with Gasteiger partial charge in [0.1, 0.15) is 6.04 Å². The molecular weight excluding hydrogens is 312 g/mol. The molecule has 0 aromatic carbocycles. The summed E-state index contributed by atoms with van der Waals surface area (Å²) in [5, 5.41) is 27.0. The Kier molecular flexibility index (Phi) is 7.52. The fraction of sp³-hybridized carbons (Fsp3) is 0.769. The third-order valence-electron chi connectivity index (χ3n) is 3.57. The Morgan fingerprint density at radius 1 is 1.04 bits per heavy atom. The quantitative estimate of drug-likeness (QED) is 0.329. The predicted molar refractivity (Wildman–Crippen MR) is 75.5 cm³/mol. The first-order valence-electron chi connectivity index (χ1n) is 7.04. The number of hydrogen-bond acceptors (Lipinski definition) is 9. The molecule has 10 heteroatoms. The zero-order chi connectivity index (χ0) is 17.6. The molecule has 0 unspecified atom stereocenters. The summed E-state index contributed by atoms with van der Waals surface area (Å²) < 4.78 is 9.45. The zero-order valence-corrected chi connectivity index (χ0v) is 13.0. The van der Waals surface area contributed by atoms with Gasteiger partial charge >= 0.3 is 17.9 Å². The van der Waals surface area contributed by atoms with Crippen LogP contribution in [-0.2, 0) is 23.9 Å². The summed E-state index contributed by atoms with van der Waals surface area (Å²) in [6.07, 6.45) is -4.70. The molecule has 0 aromatic heterocycles. The minimum atomic E-state index is -2.36. The van der Waals surface area contributed by atoms with Crippen LogP contribution in [0, 0.1) is 0 Å². The van der Waals surface area contributed by atoms with Gasteiger partial charge in [0.15, 0.2) is 12.2 Å². The van der Waals surface area contributed by atoms with E-state index in [2.05, 4.69) is 9.64 Å². The molecule has 1 saturated heterocycles. The third-order valence-corrected chi connectivity index (χ3v) is 3.57. The van der Waals surface area contributed by atoms with Crippen LogP contribution in [0.1, 0.15) is 0 Å². The van der Waals surface area contributed by atoms with Crippen LogP contribution >= 0.6 is 0 Å². The van der Waals surface area contributed by atoms with Gasteiger partial charge < -0.3 is 29.7 Å². The SMILES string of the molecule is COC[C@H](C(=O)OC(=O)[C@H](O)[C@@H](O)C(=O)O)N1CCN(C)CC1. The molecule has 1 aliphatic rings. The minimum Gasteiger partial charge on any atom is -0.479 e. The highest BCUT2D eigenvalue weighted by atomic mass is 16.6. The highest BCUT2D eigenvalue weighted by molar-refractivity contribution is 5.93. The van der Waals surface area contributed by atoms with E-state index in [4.69, 9.17) is 14.9 Å². The molecule has 3 N–H and O–H groups in total. The minimum absolute atomic E-state index is 0.0204. The number of aliphatic hydroxyl groups excluding tert-OH is 2. The van der Waals surface area contributed by atoms with Crippen molar-refractivity contribution < 1.29 is 39.2 Å². The Balaban J connectivity index is 2.67. The Labute approximate surface area is 133 Å². The van der Waals surface area contributed by atoms with E-state index in [1.807, 2.05) is 7.05 Å². The lowest BCUT2D eigenvalue weighted by Gasteiger charge is -2.36. The maximum Gasteiger partial charge on any atom is 0.346 e. The van der Waals surface area contributed by atoms with Gasteiger partial charge in [0.05, 0.1) is 6.61 Å². The van der Waals surface area contributed by atoms with Crippen molar-refractivity contribution in [3.8, 4) is 0 Å². The average molecular weight is 334 g/mol. The second-order valence-corrected chi connectivity index (χ2v) is 5.28. The summed E-state index contributed by atoms with van der Waals surface area (Å²) in [4.78, 5) is 38.0. The lowest BCUT2D eigenvalue weighted by molar-refractivity contribution is -0.178. The van der Waals surface area contributed by atoms with E-state index in [-0.39, 0.29) is 6.61 Å². The van der Waals surface area contributed by atoms with Crippen LogP contribution in [0.3, 0.4) is 0 Å². The van der Waals surface area contributed by atoms with Gasteiger partial charge in [0.2, 0.25) is 0 Å². The lowest BCUT2D eigenvalue weighted by atomic mass is 10.2. The first-order chi connectivity index (χ1) is 10.8. The molecule has 0 radical (unpaired) electrons. The van der Waals surface area contributed by atoms with E-state index in [9.17, 15) is 19.5 Å². The van der Waals surface area contributed by atoms with Crippen LogP contribution in [-0.4, -0.2) is 108 Å². The molecule has 0 amide bonds. The summed E-state index contributed by atoms with van der Waals surface area (Å²) in [7, 11) is 3.33. The second-order valence-electron chi connectivity index (χ2n) is 5.28. The summed E-state index contributed by atoms with van der Waals surface area (Å²) in [6, 6.07) is -0.855. The Morgan fingerprint density at radius 2 is 1.61 bits per heavy atom. The van der Waals surface area contributed by atoms with Crippen molar-refractivity contribution in [1.82, 2.24) is 9.80 Å². The fourth-order valence-corrected chi connectivity index (χ4v) is 2.11. The number of methoxy groups -OCH3 is 1. The van der Waals surface area contributed by atoms with Crippen molar-refractivity contribution in [2.24, 2.45) is 0 Å². The molecule has 0 aromatic rings. The molecule has 23 heavy (non-hydrogen) atoms. The van der Waals surface area contributed by atoms with E-state index in [1.54, 1.807) is 4.90 Å². The number of nitrogens with zero attached hydrogens (tertiary/aromatic N) is 2. The van der Waals surface area contributed by atoms with E-state index in [0.29, 0.717) is 13.1 Å². The molecule has 1 rings (SSSR count). The number of aliphatic hydroxyl groups is 2. The van der Waals surface area contributed by atoms with E-state index >= 15 is 0 Å². The summed E-state index contributed by atoms with van der Waals surface area (Å²) in [5.74, 6) is -4.27. The lowest BCUT2D eigenvalue weighted by Crippen LogP contribution is -2.54. The van der Waals surface area contributed by atoms with Gasteiger partial charge in [-0.25, -0.2) is 14.4 Å². The van der Waals surface area contributed by atoms with Crippen molar-refractivity contribution >= 4 is 17.9 Å². The molecule has 132 valence electrons. The number of carbonyl (C=O) groups is 3. The van der Waals surface area contributed by atoms with Crippen LogP contribution in [0.25, 0.3) is 0 Å². The maximum absolute atomic E-state index is 12.1. The van der Waals surface area contributed by atoms with Crippen molar-refractivity contribution in [3.05, 3.63) is 0 Å². The molecule has 0 saturated carbocycles. The number of piperazine rings is 1. The van der Waals surface area contributed by atoms with Crippen LogP contribution in [0.5, 0.6) is 0 Å². The number of esters is 2. The number of likely N-dealkylation sites (N-methyl/N-ethyl adjacent to an activating group) is 1.